The lowest BCUT2D eigenvalue weighted by Crippen LogP contribution is -2.10. The van der Waals surface area contributed by atoms with Gasteiger partial charge in [-0.2, -0.15) is 0 Å². The molecule has 0 N–H and O–H groups in total. The molecule has 0 atom stereocenters. The number of fused-ring (bicyclic) bond motifs is 1. The maximum Gasteiger partial charge on any atom is 0.0442 e. The molecule has 0 saturated heterocycles. The average molecular weight is 197 g/mol. The van der Waals surface area contributed by atoms with Gasteiger partial charge in [0, 0.05) is 24.9 Å². The number of nitrogens with zero attached hydrogens (tertiary/aromatic N) is 1. The number of hydrogen-bond donors (Lipinski definition) is 0. The van der Waals surface area contributed by atoms with E-state index in [1.165, 1.54) is 16.9 Å². The molecule has 1 heterocycles. The normalized spacial score (nSPS) is 17.4. The van der Waals surface area contributed by atoms with Crippen molar-refractivity contribution < 1.29 is 0 Å². The number of rotatable bonds is 2. The minimum atomic E-state index is 1.02. The van der Waals surface area contributed by atoms with Crippen LogP contribution in [0.1, 0.15) is 5.56 Å². The predicted octanol–water partition coefficient (Wildman–Crippen LogP) is 3.31. The lowest BCUT2D eigenvalue weighted by Gasteiger charge is -2.13. The molecular weight excluding hydrogens is 182 g/mol. The maximum absolute atomic E-state index is 3.65. The summed E-state index contributed by atoms with van der Waals surface area (Å²) in [5.41, 5.74) is 4.04. The number of anilines is 1. The molecule has 1 aliphatic rings. The van der Waals surface area contributed by atoms with Crippen LogP contribution >= 0.6 is 0 Å². The van der Waals surface area contributed by atoms with Crippen molar-refractivity contribution in [3.63, 3.8) is 0 Å². The van der Waals surface area contributed by atoms with Crippen molar-refractivity contribution >= 4 is 5.69 Å². The SMILES string of the molecule is C=C/C=C\C=C1/Cc2ccccc2N1C. The Hall–Kier alpha value is -1.76. The quantitative estimate of drug-likeness (QED) is 0.657. The first kappa shape index (κ1) is 9.78. The van der Waals surface area contributed by atoms with Gasteiger partial charge < -0.3 is 4.90 Å². The Bertz CT molecular complexity index is 427. The lowest BCUT2D eigenvalue weighted by atomic mass is 10.1. The zero-order chi connectivity index (χ0) is 10.7. The van der Waals surface area contributed by atoms with Gasteiger partial charge in [0.2, 0.25) is 0 Å². The third-order valence-electron chi connectivity index (χ3n) is 2.69. The van der Waals surface area contributed by atoms with Gasteiger partial charge in [-0.1, -0.05) is 43.0 Å². The fraction of sp³-hybridized carbons (Fsp3) is 0.143. The second-order valence-corrected chi connectivity index (χ2v) is 3.64. The second kappa shape index (κ2) is 4.18. The van der Waals surface area contributed by atoms with E-state index >= 15 is 0 Å². The highest BCUT2D eigenvalue weighted by Gasteiger charge is 2.18. The molecule has 2 rings (SSSR count). The third-order valence-corrected chi connectivity index (χ3v) is 2.69. The van der Waals surface area contributed by atoms with Gasteiger partial charge in [0.25, 0.3) is 0 Å². The van der Waals surface area contributed by atoms with Crippen LogP contribution in [0.3, 0.4) is 0 Å². The van der Waals surface area contributed by atoms with Gasteiger partial charge in [-0.05, 0) is 17.7 Å². The van der Waals surface area contributed by atoms with Crippen molar-refractivity contribution in [2.75, 3.05) is 11.9 Å². The monoisotopic (exact) mass is 197 g/mol. The summed E-state index contributed by atoms with van der Waals surface area (Å²) < 4.78 is 0. The molecule has 76 valence electrons. The zero-order valence-electron chi connectivity index (χ0n) is 8.98. The molecule has 0 bridgehead atoms. The van der Waals surface area contributed by atoms with Crippen molar-refractivity contribution in [1.29, 1.82) is 0 Å². The Morgan fingerprint density at radius 1 is 1.27 bits per heavy atom. The molecule has 0 saturated carbocycles. The first-order valence-corrected chi connectivity index (χ1v) is 5.13. The largest absolute Gasteiger partial charge is 0.348 e. The van der Waals surface area contributed by atoms with Crippen molar-refractivity contribution in [2.24, 2.45) is 0 Å². The number of benzene rings is 1. The topological polar surface area (TPSA) is 3.24 Å². The highest BCUT2D eigenvalue weighted by molar-refractivity contribution is 5.64. The molecule has 0 amide bonds. The van der Waals surface area contributed by atoms with E-state index in [0.29, 0.717) is 0 Å². The summed E-state index contributed by atoms with van der Waals surface area (Å²) in [6.45, 7) is 3.65. The van der Waals surface area contributed by atoms with Crippen LogP contribution in [0.25, 0.3) is 0 Å². The van der Waals surface area contributed by atoms with Gasteiger partial charge in [0.05, 0.1) is 0 Å². The minimum Gasteiger partial charge on any atom is -0.348 e. The van der Waals surface area contributed by atoms with Crippen LogP contribution in [0.2, 0.25) is 0 Å². The van der Waals surface area contributed by atoms with Crippen LogP contribution in [0.15, 0.2) is 60.8 Å². The smallest absolute Gasteiger partial charge is 0.0442 e. The summed E-state index contributed by atoms with van der Waals surface area (Å²) in [7, 11) is 2.11. The van der Waals surface area contributed by atoms with Gasteiger partial charge in [-0.25, -0.2) is 0 Å². The predicted molar refractivity (Wildman–Crippen MR) is 66.0 cm³/mol. The summed E-state index contributed by atoms with van der Waals surface area (Å²) in [5, 5.41) is 0. The van der Waals surface area contributed by atoms with Crippen LogP contribution in [0.5, 0.6) is 0 Å². The molecule has 0 aliphatic carbocycles. The fourth-order valence-corrected chi connectivity index (χ4v) is 1.87. The number of likely N-dealkylation sites (N-methyl/N-ethyl adjacent to an activating group) is 1. The average Bonchev–Trinajstić information content (AvgIpc) is 2.57. The van der Waals surface area contributed by atoms with Gasteiger partial charge in [0.15, 0.2) is 0 Å². The van der Waals surface area contributed by atoms with Crippen LogP contribution in [0.4, 0.5) is 5.69 Å². The van der Waals surface area contributed by atoms with E-state index in [9.17, 15) is 0 Å². The van der Waals surface area contributed by atoms with E-state index in [-0.39, 0.29) is 0 Å². The van der Waals surface area contributed by atoms with Gasteiger partial charge in [-0.15, -0.1) is 0 Å². The molecule has 1 aliphatic heterocycles. The van der Waals surface area contributed by atoms with Crippen molar-refractivity contribution in [3.8, 4) is 0 Å². The Morgan fingerprint density at radius 2 is 2.07 bits per heavy atom. The van der Waals surface area contributed by atoms with E-state index in [2.05, 4.69) is 48.9 Å². The Morgan fingerprint density at radius 3 is 2.80 bits per heavy atom. The summed E-state index contributed by atoms with van der Waals surface area (Å²) in [6, 6.07) is 8.52. The van der Waals surface area contributed by atoms with E-state index in [1.54, 1.807) is 6.08 Å². The lowest BCUT2D eigenvalue weighted by molar-refractivity contribution is 1.10. The summed E-state index contributed by atoms with van der Waals surface area (Å²) in [5.74, 6) is 0. The van der Waals surface area contributed by atoms with Crippen LogP contribution in [0, 0.1) is 0 Å². The van der Waals surface area contributed by atoms with E-state index in [0.717, 1.165) is 6.42 Å². The molecule has 1 aromatic carbocycles. The van der Waals surface area contributed by atoms with Crippen molar-refractivity contribution in [3.05, 3.63) is 66.4 Å². The number of para-hydroxylation sites is 1. The highest BCUT2D eigenvalue weighted by atomic mass is 15.1. The van der Waals surface area contributed by atoms with E-state index in [4.69, 9.17) is 0 Å². The number of allylic oxidation sites excluding steroid dienone is 5. The first-order valence-electron chi connectivity index (χ1n) is 5.13. The van der Waals surface area contributed by atoms with E-state index < -0.39 is 0 Å². The first-order chi connectivity index (χ1) is 7.33. The molecular formula is C14H15N. The third kappa shape index (κ3) is 1.86. The minimum absolute atomic E-state index is 1.02. The van der Waals surface area contributed by atoms with Crippen LogP contribution < -0.4 is 4.90 Å². The van der Waals surface area contributed by atoms with Crippen molar-refractivity contribution in [2.45, 2.75) is 6.42 Å². The van der Waals surface area contributed by atoms with Crippen molar-refractivity contribution in [1.82, 2.24) is 0 Å². The second-order valence-electron chi connectivity index (χ2n) is 3.64. The fourth-order valence-electron chi connectivity index (χ4n) is 1.87. The van der Waals surface area contributed by atoms with Gasteiger partial charge in [0.1, 0.15) is 0 Å². The Kier molecular flexibility index (Phi) is 2.72. The summed E-state index contributed by atoms with van der Waals surface area (Å²) in [6.07, 6.45) is 8.93. The molecule has 1 aromatic rings. The Balaban J connectivity index is 2.27. The summed E-state index contributed by atoms with van der Waals surface area (Å²) >= 11 is 0. The molecule has 1 nitrogen and oxygen atoms in total. The van der Waals surface area contributed by atoms with Gasteiger partial charge in [-0.3, -0.25) is 0 Å². The Labute approximate surface area is 91.0 Å². The number of hydrogen-bond acceptors (Lipinski definition) is 1. The zero-order valence-corrected chi connectivity index (χ0v) is 8.98. The summed E-state index contributed by atoms with van der Waals surface area (Å²) in [4.78, 5) is 2.24. The highest BCUT2D eigenvalue weighted by Crippen LogP contribution is 2.32. The molecule has 0 spiro atoms. The van der Waals surface area contributed by atoms with E-state index in [1.807, 2.05) is 12.2 Å². The standard InChI is InChI=1S/C14H15N/c1-3-4-5-9-13-11-12-8-6-7-10-14(12)15(13)2/h3-10H,1,11H2,2H3/b5-4-,13-9+. The van der Waals surface area contributed by atoms with Crippen LogP contribution in [-0.2, 0) is 6.42 Å². The van der Waals surface area contributed by atoms with Crippen LogP contribution in [-0.4, -0.2) is 7.05 Å². The molecule has 1 heteroatoms. The van der Waals surface area contributed by atoms with Gasteiger partial charge >= 0.3 is 0 Å². The maximum atomic E-state index is 3.65. The molecule has 15 heavy (non-hydrogen) atoms. The molecule has 0 radical (unpaired) electrons. The molecule has 0 fully saturated rings. The molecule has 0 unspecified atom stereocenters. The molecule has 0 aromatic heterocycles.